The molecule has 5 rings (SSSR count). The van der Waals surface area contributed by atoms with Crippen LogP contribution in [0.2, 0.25) is 0 Å². The van der Waals surface area contributed by atoms with E-state index in [0.717, 1.165) is 11.1 Å². The first-order valence-corrected chi connectivity index (χ1v) is 12.5. The number of primary amides is 1. The van der Waals surface area contributed by atoms with Crippen LogP contribution in [-0.4, -0.2) is 44.4 Å². The Labute approximate surface area is 202 Å². The van der Waals surface area contributed by atoms with E-state index in [1.165, 1.54) is 41.3 Å². The van der Waals surface area contributed by atoms with Crippen LogP contribution in [0.25, 0.3) is 0 Å². The van der Waals surface area contributed by atoms with Crippen molar-refractivity contribution in [2.24, 2.45) is 5.73 Å². The number of hydrogen-bond donors (Lipinski definition) is 2. The van der Waals surface area contributed by atoms with E-state index in [-0.39, 0.29) is 23.0 Å². The largest absolute Gasteiger partial charge is 0.486 e. The number of carbonyl (C=O) groups is 2. The molecule has 1 atom stereocenters. The fourth-order valence-corrected chi connectivity index (χ4v) is 5.32. The van der Waals surface area contributed by atoms with E-state index in [2.05, 4.69) is 4.72 Å². The summed E-state index contributed by atoms with van der Waals surface area (Å²) in [5.74, 6) is -0.0685. The zero-order valence-electron chi connectivity index (χ0n) is 18.6. The van der Waals surface area contributed by atoms with Crippen molar-refractivity contribution in [2.45, 2.75) is 23.9 Å². The monoisotopic (exact) mass is 493 g/mol. The first-order chi connectivity index (χ1) is 16.8. The van der Waals surface area contributed by atoms with Crippen LogP contribution in [0, 0.1) is 0 Å². The van der Waals surface area contributed by atoms with Gasteiger partial charge in [0.05, 0.1) is 4.90 Å². The van der Waals surface area contributed by atoms with E-state index in [0.29, 0.717) is 36.7 Å². The van der Waals surface area contributed by atoms with Crippen LogP contribution in [0.5, 0.6) is 11.5 Å². The van der Waals surface area contributed by atoms with Crippen LogP contribution in [0.1, 0.15) is 21.5 Å². The molecule has 10 heteroatoms. The molecule has 2 aliphatic rings. The van der Waals surface area contributed by atoms with Gasteiger partial charge in [-0.15, -0.1) is 0 Å². The van der Waals surface area contributed by atoms with Crippen LogP contribution in [0.15, 0.2) is 71.6 Å². The maximum atomic E-state index is 13.2. The second-order valence-electron chi connectivity index (χ2n) is 8.31. The minimum Gasteiger partial charge on any atom is -0.486 e. The molecule has 0 radical (unpaired) electrons. The highest BCUT2D eigenvalue weighted by atomic mass is 32.2. The molecule has 0 aromatic heterocycles. The van der Waals surface area contributed by atoms with E-state index >= 15 is 0 Å². The third-order valence-corrected chi connectivity index (χ3v) is 7.42. The van der Waals surface area contributed by atoms with Crippen molar-refractivity contribution in [3.05, 3.63) is 83.4 Å². The Morgan fingerprint density at radius 1 is 0.914 bits per heavy atom. The Bertz CT molecular complexity index is 1400. The predicted octanol–water partition coefficient (Wildman–Crippen LogP) is 2.31. The maximum absolute atomic E-state index is 13.2. The van der Waals surface area contributed by atoms with Crippen LogP contribution in [0.3, 0.4) is 0 Å². The highest BCUT2D eigenvalue weighted by Gasteiger charge is 2.33. The Kier molecular flexibility index (Phi) is 5.81. The number of nitrogens with zero attached hydrogens (tertiary/aromatic N) is 1. The lowest BCUT2D eigenvalue weighted by Gasteiger charge is -2.35. The molecule has 3 aromatic rings. The molecule has 0 saturated heterocycles. The lowest BCUT2D eigenvalue weighted by atomic mass is 9.93. The number of carbonyl (C=O) groups excluding carboxylic acids is 2. The molecular weight excluding hydrogens is 470 g/mol. The van der Waals surface area contributed by atoms with Gasteiger partial charge in [-0.1, -0.05) is 24.3 Å². The van der Waals surface area contributed by atoms with Gasteiger partial charge in [0.2, 0.25) is 5.91 Å². The summed E-state index contributed by atoms with van der Waals surface area (Å²) < 4.78 is 39.1. The Hall–Kier alpha value is -4.05. The highest BCUT2D eigenvalue weighted by Crippen LogP contribution is 2.33. The van der Waals surface area contributed by atoms with Gasteiger partial charge in [-0.05, 0) is 47.5 Å². The summed E-state index contributed by atoms with van der Waals surface area (Å²) in [6, 6.07) is 17.3. The second-order valence-corrected chi connectivity index (χ2v) is 9.99. The number of benzene rings is 3. The Balaban J connectivity index is 1.34. The molecule has 0 aliphatic carbocycles. The zero-order chi connectivity index (χ0) is 24.6. The normalized spacial score (nSPS) is 16.8. The maximum Gasteiger partial charge on any atom is 0.262 e. The number of anilines is 1. The number of fused-ring (bicyclic) bond motifs is 2. The van der Waals surface area contributed by atoms with Gasteiger partial charge in [-0.3, -0.25) is 14.3 Å². The lowest BCUT2D eigenvalue weighted by Crippen LogP contribution is -2.51. The van der Waals surface area contributed by atoms with Crippen LogP contribution in [0.4, 0.5) is 5.69 Å². The van der Waals surface area contributed by atoms with E-state index in [1.54, 1.807) is 6.07 Å². The first-order valence-electron chi connectivity index (χ1n) is 11.0. The summed E-state index contributed by atoms with van der Waals surface area (Å²) in [7, 11) is -3.90. The highest BCUT2D eigenvalue weighted by molar-refractivity contribution is 7.92. The zero-order valence-corrected chi connectivity index (χ0v) is 19.5. The standard InChI is InChI=1S/C25H23N3O6S/c26-24(29)21-13-17-3-1-2-4-18(17)15-28(21)25(30)16-5-7-19(8-6-16)27-35(31,32)20-9-10-22-23(14-20)34-12-11-33-22/h1-10,14,21,27H,11-13,15H2,(H2,26,29). The van der Waals surface area contributed by atoms with Crippen molar-refractivity contribution >= 4 is 27.5 Å². The first kappa shape index (κ1) is 22.7. The number of hydrogen-bond acceptors (Lipinski definition) is 6. The summed E-state index contributed by atoms with van der Waals surface area (Å²) >= 11 is 0. The Morgan fingerprint density at radius 2 is 1.60 bits per heavy atom. The number of rotatable bonds is 5. The van der Waals surface area contributed by atoms with Gasteiger partial charge in [0, 0.05) is 30.3 Å². The van der Waals surface area contributed by atoms with Crippen molar-refractivity contribution in [1.82, 2.24) is 4.90 Å². The third kappa shape index (κ3) is 4.52. The number of sulfonamides is 1. The lowest BCUT2D eigenvalue weighted by molar-refractivity contribution is -0.122. The van der Waals surface area contributed by atoms with E-state index in [4.69, 9.17) is 15.2 Å². The van der Waals surface area contributed by atoms with Gasteiger partial charge in [-0.2, -0.15) is 0 Å². The molecule has 3 aromatic carbocycles. The molecule has 2 amide bonds. The molecule has 1 unspecified atom stereocenters. The number of amides is 2. The molecule has 0 spiro atoms. The molecule has 9 nitrogen and oxygen atoms in total. The van der Waals surface area contributed by atoms with Crippen LogP contribution < -0.4 is 19.9 Å². The number of nitrogens with two attached hydrogens (primary N) is 1. The molecule has 0 bridgehead atoms. The van der Waals surface area contributed by atoms with Crippen molar-refractivity contribution in [1.29, 1.82) is 0 Å². The molecule has 2 aliphatic heterocycles. The van der Waals surface area contributed by atoms with E-state index < -0.39 is 22.0 Å². The average Bonchev–Trinajstić information content (AvgIpc) is 2.87. The van der Waals surface area contributed by atoms with Crippen molar-refractivity contribution in [3.8, 4) is 11.5 Å². The summed E-state index contributed by atoms with van der Waals surface area (Å²) in [5.41, 5.74) is 8.15. The molecule has 0 saturated carbocycles. The summed E-state index contributed by atoms with van der Waals surface area (Å²) in [6.07, 6.45) is 0.352. The van der Waals surface area contributed by atoms with E-state index in [1.807, 2.05) is 24.3 Å². The molecule has 2 heterocycles. The van der Waals surface area contributed by atoms with Gasteiger partial charge in [0.15, 0.2) is 11.5 Å². The van der Waals surface area contributed by atoms with Gasteiger partial charge in [-0.25, -0.2) is 8.42 Å². The van der Waals surface area contributed by atoms with Crippen LogP contribution in [-0.2, 0) is 27.8 Å². The van der Waals surface area contributed by atoms with Crippen LogP contribution >= 0.6 is 0 Å². The quantitative estimate of drug-likeness (QED) is 0.561. The molecule has 0 fully saturated rings. The molecule has 3 N–H and O–H groups in total. The number of nitrogens with one attached hydrogen (secondary N) is 1. The molecule has 35 heavy (non-hydrogen) atoms. The average molecular weight is 494 g/mol. The van der Waals surface area contributed by atoms with Crippen molar-refractivity contribution < 1.29 is 27.5 Å². The molecular formula is C25H23N3O6S. The predicted molar refractivity (Wildman–Crippen MR) is 128 cm³/mol. The smallest absolute Gasteiger partial charge is 0.262 e. The minimum absolute atomic E-state index is 0.0261. The van der Waals surface area contributed by atoms with E-state index in [9.17, 15) is 18.0 Å². The topological polar surface area (TPSA) is 128 Å². The second kappa shape index (κ2) is 8.95. The summed E-state index contributed by atoms with van der Waals surface area (Å²) in [5, 5.41) is 0. The van der Waals surface area contributed by atoms with Gasteiger partial charge in [0.25, 0.3) is 15.9 Å². The molecule has 180 valence electrons. The Morgan fingerprint density at radius 3 is 2.31 bits per heavy atom. The fraction of sp³-hybridized carbons (Fsp3) is 0.200. The van der Waals surface area contributed by atoms with Crippen molar-refractivity contribution in [2.75, 3.05) is 17.9 Å². The van der Waals surface area contributed by atoms with Crippen molar-refractivity contribution in [3.63, 3.8) is 0 Å². The summed E-state index contributed by atoms with van der Waals surface area (Å²) in [4.78, 5) is 26.8. The third-order valence-electron chi connectivity index (χ3n) is 6.05. The van der Waals surface area contributed by atoms with Gasteiger partial charge < -0.3 is 20.1 Å². The SMILES string of the molecule is NC(=O)C1Cc2ccccc2CN1C(=O)c1ccc(NS(=O)(=O)c2ccc3c(c2)OCCO3)cc1. The van der Waals surface area contributed by atoms with Gasteiger partial charge >= 0.3 is 0 Å². The fourth-order valence-electron chi connectivity index (χ4n) is 4.24. The minimum atomic E-state index is -3.90. The number of ether oxygens (including phenoxy) is 2. The summed E-state index contributed by atoms with van der Waals surface area (Å²) in [6.45, 7) is 1.02. The van der Waals surface area contributed by atoms with Gasteiger partial charge in [0.1, 0.15) is 19.3 Å².